The van der Waals surface area contributed by atoms with Crippen molar-refractivity contribution in [3.8, 4) is 0 Å². The van der Waals surface area contributed by atoms with Crippen LogP contribution in [0.2, 0.25) is 0 Å². The number of carbonyl (C=O) groups is 2. The molecule has 0 unspecified atom stereocenters. The molecule has 2 heterocycles. The predicted molar refractivity (Wildman–Crippen MR) is 89.4 cm³/mol. The molecule has 1 fully saturated rings. The fraction of sp³-hybridized carbons (Fsp3) is 0.556. The molecule has 0 spiro atoms. The van der Waals surface area contributed by atoms with Crippen molar-refractivity contribution in [1.29, 1.82) is 0 Å². The second-order valence-electron chi connectivity index (χ2n) is 6.51. The molecule has 0 bridgehead atoms. The van der Waals surface area contributed by atoms with Crippen LogP contribution in [-0.4, -0.2) is 66.3 Å². The number of carboxylic acid groups (broad SMARTS) is 1. The summed E-state index contributed by atoms with van der Waals surface area (Å²) in [6, 6.07) is 5.58. The summed E-state index contributed by atoms with van der Waals surface area (Å²) in [6.45, 7) is 2.73. The molecule has 2 aliphatic heterocycles. The maximum atomic E-state index is 12.8. The van der Waals surface area contributed by atoms with E-state index in [-0.39, 0.29) is 12.1 Å². The van der Waals surface area contributed by atoms with Gasteiger partial charge in [0.15, 0.2) is 0 Å². The van der Waals surface area contributed by atoms with Gasteiger partial charge in [0.05, 0.1) is 5.56 Å². The molecule has 1 N–H and O–H groups in total. The Hall–Kier alpha value is -2.08. The first-order valence-electron chi connectivity index (χ1n) is 8.51. The van der Waals surface area contributed by atoms with Gasteiger partial charge in [0.2, 0.25) is 0 Å². The van der Waals surface area contributed by atoms with Crippen LogP contribution in [0.15, 0.2) is 18.2 Å². The standard InChI is InChI=1S/C18H24N2O4/c1-19(16-6-10-24-11-7-16)18(23)20-8-4-13-2-3-15(17(21)22)12-14(13)5-9-20/h2-3,12,16H,4-11H2,1H3,(H,21,22). The Bertz CT molecular complexity index is 625. The quantitative estimate of drug-likeness (QED) is 0.899. The fourth-order valence-corrected chi connectivity index (χ4v) is 3.50. The van der Waals surface area contributed by atoms with Crippen molar-refractivity contribution in [2.75, 3.05) is 33.4 Å². The molecular weight excluding hydrogens is 308 g/mol. The smallest absolute Gasteiger partial charge is 0.335 e. The highest BCUT2D eigenvalue weighted by Crippen LogP contribution is 2.20. The van der Waals surface area contributed by atoms with Gasteiger partial charge in [-0.1, -0.05) is 6.07 Å². The van der Waals surface area contributed by atoms with E-state index >= 15 is 0 Å². The number of hydrogen-bond donors (Lipinski definition) is 1. The van der Waals surface area contributed by atoms with Crippen LogP contribution in [0.3, 0.4) is 0 Å². The lowest BCUT2D eigenvalue weighted by Gasteiger charge is -2.35. The molecule has 1 aromatic rings. The first-order valence-corrected chi connectivity index (χ1v) is 8.51. The zero-order valence-electron chi connectivity index (χ0n) is 14.0. The zero-order chi connectivity index (χ0) is 17.1. The Morgan fingerprint density at radius 1 is 1.17 bits per heavy atom. The van der Waals surface area contributed by atoms with E-state index in [0.29, 0.717) is 38.3 Å². The van der Waals surface area contributed by atoms with Crippen LogP contribution >= 0.6 is 0 Å². The van der Waals surface area contributed by atoms with E-state index in [4.69, 9.17) is 9.84 Å². The van der Waals surface area contributed by atoms with Crippen LogP contribution in [0, 0.1) is 0 Å². The molecule has 0 aromatic heterocycles. The number of carbonyl (C=O) groups excluding carboxylic acids is 1. The van der Waals surface area contributed by atoms with E-state index in [0.717, 1.165) is 30.4 Å². The highest BCUT2D eigenvalue weighted by molar-refractivity contribution is 5.88. The van der Waals surface area contributed by atoms with Crippen LogP contribution in [0.5, 0.6) is 0 Å². The normalized spacial score (nSPS) is 18.6. The second-order valence-corrected chi connectivity index (χ2v) is 6.51. The molecule has 3 rings (SSSR count). The molecule has 2 amide bonds. The van der Waals surface area contributed by atoms with Crippen molar-refractivity contribution in [3.05, 3.63) is 34.9 Å². The molecular formula is C18H24N2O4. The summed E-state index contributed by atoms with van der Waals surface area (Å²) >= 11 is 0. The van der Waals surface area contributed by atoms with Gasteiger partial charge in [0.25, 0.3) is 0 Å². The summed E-state index contributed by atoms with van der Waals surface area (Å²) in [5.74, 6) is -0.908. The number of hydrogen-bond acceptors (Lipinski definition) is 3. The minimum Gasteiger partial charge on any atom is -0.478 e. The summed E-state index contributed by atoms with van der Waals surface area (Å²) in [4.78, 5) is 27.7. The molecule has 1 saturated heterocycles. The van der Waals surface area contributed by atoms with Crippen molar-refractivity contribution in [2.24, 2.45) is 0 Å². The Kier molecular flexibility index (Phi) is 5.04. The summed E-state index contributed by atoms with van der Waals surface area (Å²) in [7, 11) is 1.87. The minimum atomic E-state index is -0.908. The maximum Gasteiger partial charge on any atom is 0.335 e. The summed E-state index contributed by atoms with van der Waals surface area (Å²) in [5, 5.41) is 9.13. The van der Waals surface area contributed by atoms with Gasteiger partial charge in [-0.05, 0) is 48.9 Å². The number of benzene rings is 1. The fourth-order valence-electron chi connectivity index (χ4n) is 3.50. The van der Waals surface area contributed by atoms with Crippen LogP contribution in [0.25, 0.3) is 0 Å². The van der Waals surface area contributed by atoms with E-state index in [1.54, 1.807) is 12.1 Å². The minimum absolute atomic E-state index is 0.0631. The first kappa shape index (κ1) is 16.8. The third-order valence-electron chi connectivity index (χ3n) is 5.07. The van der Waals surface area contributed by atoms with Gasteiger partial charge in [-0.15, -0.1) is 0 Å². The lowest BCUT2D eigenvalue weighted by atomic mass is 10.0. The van der Waals surface area contributed by atoms with Crippen molar-refractivity contribution in [2.45, 2.75) is 31.7 Å². The average Bonchev–Trinajstić information content (AvgIpc) is 2.83. The van der Waals surface area contributed by atoms with Gasteiger partial charge in [0, 0.05) is 39.4 Å². The highest BCUT2D eigenvalue weighted by atomic mass is 16.5. The number of rotatable bonds is 2. The highest BCUT2D eigenvalue weighted by Gasteiger charge is 2.27. The Morgan fingerprint density at radius 3 is 2.50 bits per heavy atom. The SMILES string of the molecule is CN(C(=O)N1CCc2ccc(C(=O)O)cc2CC1)C1CCOCC1. The average molecular weight is 332 g/mol. The van der Waals surface area contributed by atoms with E-state index in [1.807, 2.05) is 22.9 Å². The largest absolute Gasteiger partial charge is 0.478 e. The number of aromatic carboxylic acids is 1. The van der Waals surface area contributed by atoms with Gasteiger partial charge in [-0.3, -0.25) is 0 Å². The molecule has 0 atom stereocenters. The summed E-state index contributed by atoms with van der Waals surface area (Å²) in [6.07, 6.45) is 3.24. The van der Waals surface area contributed by atoms with Crippen molar-refractivity contribution >= 4 is 12.0 Å². The van der Waals surface area contributed by atoms with Gasteiger partial charge in [0.1, 0.15) is 0 Å². The van der Waals surface area contributed by atoms with Gasteiger partial charge in [-0.25, -0.2) is 9.59 Å². The third kappa shape index (κ3) is 3.53. The van der Waals surface area contributed by atoms with E-state index in [1.165, 1.54) is 0 Å². The van der Waals surface area contributed by atoms with Crippen LogP contribution in [0.1, 0.15) is 34.3 Å². The maximum absolute atomic E-state index is 12.8. The van der Waals surface area contributed by atoms with Crippen molar-refractivity contribution in [1.82, 2.24) is 9.80 Å². The predicted octanol–water partition coefficient (Wildman–Crippen LogP) is 2.02. The van der Waals surface area contributed by atoms with E-state index in [9.17, 15) is 9.59 Å². The lowest BCUT2D eigenvalue weighted by molar-refractivity contribution is 0.0466. The number of urea groups is 1. The van der Waals surface area contributed by atoms with Crippen LogP contribution < -0.4 is 0 Å². The summed E-state index contributed by atoms with van der Waals surface area (Å²) < 4.78 is 5.37. The first-order chi connectivity index (χ1) is 11.6. The lowest BCUT2D eigenvalue weighted by Crippen LogP contribution is -2.48. The molecule has 6 nitrogen and oxygen atoms in total. The van der Waals surface area contributed by atoms with E-state index < -0.39 is 5.97 Å². The summed E-state index contributed by atoms with van der Waals surface area (Å²) in [5.41, 5.74) is 2.50. The molecule has 0 radical (unpaired) electrons. The molecule has 0 aliphatic carbocycles. The third-order valence-corrected chi connectivity index (χ3v) is 5.07. The number of ether oxygens (including phenoxy) is 1. The number of amides is 2. The van der Waals surface area contributed by atoms with Gasteiger partial charge in [-0.2, -0.15) is 0 Å². The van der Waals surface area contributed by atoms with E-state index in [2.05, 4.69) is 0 Å². The number of nitrogens with zero attached hydrogens (tertiary/aromatic N) is 2. The van der Waals surface area contributed by atoms with Crippen LogP contribution in [0.4, 0.5) is 4.79 Å². The Balaban J connectivity index is 1.67. The van der Waals surface area contributed by atoms with Gasteiger partial charge < -0.3 is 19.6 Å². The van der Waals surface area contributed by atoms with Crippen LogP contribution in [-0.2, 0) is 17.6 Å². The second kappa shape index (κ2) is 7.21. The zero-order valence-corrected chi connectivity index (χ0v) is 14.0. The Labute approximate surface area is 142 Å². The van der Waals surface area contributed by atoms with Gasteiger partial charge >= 0.3 is 12.0 Å². The number of carboxylic acids is 1. The van der Waals surface area contributed by atoms with Crippen molar-refractivity contribution < 1.29 is 19.4 Å². The monoisotopic (exact) mass is 332 g/mol. The Morgan fingerprint density at radius 2 is 1.83 bits per heavy atom. The molecule has 2 aliphatic rings. The molecule has 6 heteroatoms. The molecule has 24 heavy (non-hydrogen) atoms. The molecule has 0 saturated carbocycles. The topological polar surface area (TPSA) is 70.1 Å². The molecule has 1 aromatic carbocycles. The number of fused-ring (bicyclic) bond motifs is 1. The molecule has 130 valence electrons. The van der Waals surface area contributed by atoms with Crippen molar-refractivity contribution in [3.63, 3.8) is 0 Å².